The molecule has 1 amide bonds. The number of anilines is 1. The number of aryl methyl sites for hydroxylation is 2. The number of nitrogens with one attached hydrogen (secondary N) is 2. The van der Waals surface area contributed by atoms with E-state index in [1.165, 1.54) is 0 Å². The van der Waals surface area contributed by atoms with Gasteiger partial charge in [-0.1, -0.05) is 0 Å². The van der Waals surface area contributed by atoms with Gasteiger partial charge in [-0.15, -0.1) is 10.2 Å². The fourth-order valence-electron chi connectivity index (χ4n) is 2.26. The summed E-state index contributed by atoms with van der Waals surface area (Å²) < 4.78 is 1.77. The summed E-state index contributed by atoms with van der Waals surface area (Å²) in [5.41, 5.74) is 1.98. The summed E-state index contributed by atoms with van der Waals surface area (Å²) in [6.45, 7) is 5.15. The second kappa shape index (κ2) is 6.13. The highest BCUT2D eigenvalue weighted by Crippen LogP contribution is 2.28. The van der Waals surface area contributed by atoms with E-state index < -0.39 is 0 Å². The molecule has 1 saturated carbocycles. The van der Waals surface area contributed by atoms with Gasteiger partial charge in [-0.25, -0.2) is 4.68 Å². The lowest BCUT2D eigenvalue weighted by Gasteiger charge is -2.07. The molecular weight excluding hydrogens is 280 g/mol. The predicted octanol–water partition coefficient (Wildman–Crippen LogP) is 1.22. The Morgan fingerprint density at radius 2 is 2.09 bits per heavy atom. The van der Waals surface area contributed by atoms with E-state index >= 15 is 0 Å². The lowest BCUT2D eigenvalue weighted by Crippen LogP contribution is -2.30. The van der Waals surface area contributed by atoms with Crippen LogP contribution in [0.2, 0.25) is 0 Å². The van der Waals surface area contributed by atoms with Crippen LogP contribution in [0.15, 0.2) is 18.2 Å². The first-order valence-electron chi connectivity index (χ1n) is 7.52. The molecular formula is C15H20N6O. The number of hydrogen-bond acceptors (Lipinski definition) is 5. The zero-order chi connectivity index (χ0) is 15.5. The predicted molar refractivity (Wildman–Crippen MR) is 82.9 cm³/mol. The van der Waals surface area contributed by atoms with Crippen LogP contribution in [-0.4, -0.2) is 39.0 Å². The summed E-state index contributed by atoms with van der Waals surface area (Å²) in [6, 6.07) is 5.73. The normalized spacial score (nSPS) is 13.9. The van der Waals surface area contributed by atoms with Crippen LogP contribution in [0.1, 0.15) is 24.2 Å². The van der Waals surface area contributed by atoms with Crippen molar-refractivity contribution < 1.29 is 4.79 Å². The van der Waals surface area contributed by atoms with Gasteiger partial charge >= 0.3 is 0 Å². The fourth-order valence-corrected chi connectivity index (χ4v) is 2.26. The van der Waals surface area contributed by atoms with E-state index in [1.807, 2.05) is 32.0 Å². The standard InChI is InChI=1S/C15H20N6O/c1-10-9-11(2)21(20-10)14-6-5-13(18-19-14)16-7-8-17-15(22)12-3-4-12/h5-6,9,12H,3-4,7-8H2,1-2H3,(H,16,18)(H,17,22). The highest BCUT2D eigenvalue weighted by atomic mass is 16.2. The molecule has 0 spiro atoms. The van der Waals surface area contributed by atoms with E-state index in [9.17, 15) is 4.79 Å². The molecule has 2 aromatic rings. The maximum atomic E-state index is 11.5. The van der Waals surface area contributed by atoms with E-state index in [-0.39, 0.29) is 11.8 Å². The Morgan fingerprint density at radius 3 is 2.68 bits per heavy atom. The quantitative estimate of drug-likeness (QED) is 0.784. The van der Waals surface area contributed by atoms with Crippen LogP contribution in [-0.2, 0) is 4.79 Å². The van der Waals surface area contributed by atoms with Gasteiger partial charge in [0.25, 0.3) is 0 Å². The Balaban J connectivity index is 1.51. The second-order valence-corrected chi connectivity index (χ2v) is 5.61. The lowest BCUT2D eigenvalue weighted by atomic mass is 10.4. The second-order valence-electron chi connectivity index (χ2n) is 5.61. The number of aromatic nitrogens is 4. The Labute approximate surface area is 129 Å². The minimum absolute atomic E-state index is 0.160. The number of rotatable bonds is 6. The summed E-state index contributed by atoms with van der Waals surface area (Å²) in [6.07, 6.45) is 2.05. The molecule has 0 aromatic carbocycles. The highest BCUT2D eigenvalue weighted by Gasteiger charge is 2.28. The van der Waals surface area contributed by atoms with Gasteiger partial charge in [-0.2, -0.15) is 5.10 Å². The molecule has 116 valence electrons. The topological polar surface area (TPSA) is 84.7 Å². The van der Waals surface area contributed by atoms with Crippen LogP contribution in [0, 0.1) is 19.8 Å². The van der Waals surface area contributed by atoms with Gasteiger partial charge in [0, 0.05) is 24.7 Å². The summed E-state index contributed by atoms with van der Waals surface area (Å²) >= 11 is 0. The molecule has 0 aliphatic heterocycles. The monoisotopic (exact) mass is 300 g/mol. The van der Waals surface area contributed by atoms with Crippen molar-refractivity contribution in [2.45, 2.75) is 26.7 Å². The molecule has 2 heterocycles. The molecule has 1 aliphatic carbocycles. The van der Waals surface area contributed by atoms with Crippen LogP contribution in [0.4, 0.5) is 5.82 Å². The van der Waals surface area contributed by atoms with Gasteiger partial charge in [-0.3, -0.25) is 4.79 Å². The SMILES string of the molecule is Cc1cc(C)n(-c2ccc(NCCNC(=O)C3CC3)nn2)n1. The van der Waals surface area contributed by atoms with Crippen LogP contribution in [0.3, 0.4) is 0 Å². The zero-order valence-corrected chi connectivity index (χ0v) is 12.8. The average Bonchev–Trinajstić information content (AvgIpc) is 3.29. The van der Waals surface area contributed by atoms with Crippen molar-refractivity contribution in [3.8, 4) is 5.82 Å². The number of hydrogen-bond donors (Lipinski definition) is 2. The molecule has 7 nitrogen and oxygen atoms in total. The summed E-state index contributed by atoms with van der Waals surface area (Å²) in [7, 11) is 0. The van der Waals surface area contributed by atoms with Crippen molar-refractivity contribution in [3.05, 3.63) is 29.6 Å². The molecule has 1 fully saturated rings. The van der Waals surface area contributed by atoms with E-state index in [1.54, 1.807) is 4.68 Å². The first-order chi connectivity index (χ1) is 10.6. The molecule has 7 heteroatoms. The van der Waals surface area contributed by atoms with E-state index in [0.29, 0.717) is 24.7 Å². The first kappa shape index (κ1) is 14.5. The Kier molecular flexibility index (Phi) is 4.04. The molecule has 0 bridgehead atoms. The fraction of sp³-hybridized carbons (Fsp3) is 0.467. The van der Waals surface area contributed by atoms with Crippen molar-refractivity contribution in [1.82, 2.24) is 25.3 Å². The molecule has 2 N–H and O–H groups in total. The van der Waals surface area contributed by atoms with Crippen LogP contribution in [0.5, 0.6) is 0 Å². The Hall–Kier alpha value is -2.44. The minimum Gasteiger partial charge on any atom is -0.367 e. The third kappa shape index (κ3) is 3.41. The van der Waals surface area contributed by atoms with Crippen LogP contribution in [0.25, 0.3) is 5.82 Å². The smallest absolute Gasteiger partial charge is 0.223 e. The molecule has 0 atom stereocenters. The third-order valence-electron chi connectivity index (χ3n) is 3.56. The van der Waals surface area contributed by atoms with E-state index in [0.717, 1.165) is 24.2 Å². The third-order valence-corrected chi connectivity index (χ3v) is 3.56. The van der Waals surface area contributed by atoms with Gasteiger partial charge in [0.05, 0.1) is 5.69 Å². The number of amides is 1. The summed E-state index contributed by atoms with van der Waals surface area (Å²) in [5.74, 6) is 1.79. The average molecular weight is 300 g/mol. The maximum Gasteiger partial charge on any atom is 0.223 e. The van der Waals surface area contributed by atoms with Gasteiger partial charge < -0.3 is 10.6 Å². The lowest BCUT2D eigenvalue weighted by molar-refractivity contribution is -0.122. The van der Waals surface area contributed by atoms with E-state index in [4.69, 9.17) is 0 Å². The first-order valence-corrected chi connectivity index (χ1v) is 7.52. The van der Waals surface area contributed by atoms with E-state index in [2.05, 4.69) is 25.9 Å². The van der Waals surface area contributed by atoms with Gasteiger partial charge in [0.15, 0.2) is 5.82 Å². The van der Waals surface area contributed by atoms with Crippen LogP contribution >= 0.6 is 0 Å². The Bertz CT molecular complexity index is 659. The molecule has 1 aliphatic rings. The van der Waals surface area contributed by atoms with Crippen molar-refractivity contribution in [1.29, 1.82) is 0 Å². The largest absolute Gasteiger partial charge is 0.367 e. The van der Waals surface area contributed by atoms with Crippen LogP contribution < -0.4 is 10.6 Å². The van der Waals surface area contributed by atoms with Crippen molar-refractivity contribution in [2.75, 3.05) is 18.4 Å². The van der Waals surface area contributed by atoms with Gasteiger partial charge in [0.2, 0.25) is 5.91 Å². The molecule has 2 aromatic heterocycles. The Morgan fingerprint density at radius 1 is 1.27 bits per heavy atom. The number of carbonyl (C=O) groups excluding carboxylic acids is 1. The van der Waals surface area contributed by atoms with Crippen molar-refractivity contribution in [2.24, 2.45) is 5.92 Å². The van der Waals surface area contributed by atoms with Gasteiger partial charge in [0.1, 0.15) is 5.82 Å². The zero-order valence-electron chi connectivity index (χ0n) is 12.8. The summed E-state index contributed by atoms with van der Waals surface area (Å²) in [4.78, 5) is 11.5. The van der Waals surface area contributed by atoms with Gasteiger partial charge in [-0.05, 0) is 44.9 Å². The number of carbonyl (C=O) groups is 1. The highest BCUT2D eigenvalue weighted by molar-refractivity contribution is 5.80. The minimum atomic E-state index is 0.160. The summed E-state index contributed by atoms with van der Waals surface area (Å²) in [5, 5.41) is 18.7. The molecule has 0 unspecified atom stereocenters. The number of nitrogens with zero attached hydrogens (tertiary/aromatic N) is 4. The molecule has 0 saturated heterocycles. The molecule has 22 heavy (non-hydrogen) atoms. The molecule has 0 radical (unpaired) electrons. The molecule has 3 rings (SSSR count). The van der Waals surface area contributed by atoms with Crippen molar-refractivity contribution >= 4 is 11.7 Å². The van der Waals surface area contributed by atoms with Crippen molar-refractivity contribution in [3.63, 3.8) is 0 Å². The maximum absolute atomic E-state index is 11.5.